The van der Waals surface area contributed by atoms with E-state index in [1.165, 1.54) is 10.9 Å². The molecule has 90 heavy (non-hydrogen) atoms. The highest BCUT2D eigenvalue weighted by Gasteiger charge is 2.55. The Balaban J connectivity index is 0.749. The maximum absolute atomic E-state index is 14.1. The molecule has 19 atom stereocenters. The molecule has 0 spiro atoms. The van der Waals surface area contributed by atoms with Gasteiger partial charge < -0.3 is 96.6 Å². The monoisotopic (exact) mass is 1350 g/mol. The average molecular weight is 1350 g/mol. The zero-order valence-electron chi connectivity index (χ0n) is 45.2. The van der Waals surface area contributed by atoms with Crippen molar-refractivity contribution >= 4 is 99.0 Å². The molecule has 12 heterocycles. The Bertz CT molecular complexity index is 4170. The van der Waals surface area contributed by atoms with Gasteiger partial charge in [0.15, 0.2) is 70.8 Å². The summed E-state index contributed by atoms with van der Waals surface area (Å²) in [7, 11) is -21.3. The molecule has 0 bridgehead atoms. The minimum Gasteiger partial charge on any atom is -0.387 e. The van der Waals surface area contributed by atoms with Crippen LogP contribution in [0, 0.1) is 0 Å². The highest BCUT2D eigenvalue weighted by Crippen LogP contribution is 2.55. The number of fused-ring (bicyclic) bond motifs is 4. The SMILES string of the molecule is Nc1ncnc2c1ncn2[C@@H]1O[C@H](COP(=O)(O)O[C@@H]2[C@H](O)[C@@H](COP(=O)(O)O[C@@H]3[C@H](O)[C@@H](COP(=O)(O)O[C@H]4[C@H](O)[C@@H](COCP(=O)(O)O)O[C@H]4n4cnc5c(N)ncnc54)O[C@H]3n3cnc4c(N)ncnc43)O[C@H]2n2cnc3c(N)ncnc32)[C@@H](O)[C@H]1O. The van der Waals surface area contributed by atoms with Gasteiger partial charge in [0.1, 0.15) is 127 Å². The Morgan fingerprint density at radius 1 is 0.389 bits per heavy atom. The molecule has 4 aliphatic heterocycles. The van der Waals surface area contributed by atoms with Crippen molar-refractivity contribution in [3.8, 4) is 0 Å². The third-order valence-corrected chi connectivity index (χ3v) is 17.9. The van der Waals surface area contributed by atoms with Crippen molar-refractivity contribution in [1.29, 1.82) is 0 Å². The molecule has 12 rings (SSSR count). The summed E-state index contributed by atoms with van der Waals surface area (Å²) in [4.78, 5) is 101. The number of aliphatic hydroxyl groups is 5. The third kappa shape index (κ3) is 12.5. The number of phosphoric acid groups is 3. The fourth-order valence-electron chi connectivity index (χ4n) is 10.2. The number of rotatable bonds is 23. The van der Waals surface area contributed by atoms with Crippen LogP contribution in [0.2, 0.25) is 0 Å². The summed E-state index contributed by atoms with van der Waals surface area (Å²) in [6.45, 7) is -3.85. The van der Waals surface area contributed by atoms with Gasteiger partial charge in [-0.15, -0.1) is 0 Å². The van der Waals surface area contributed by atoms with Crippen molar-refractivity contribution < 1.29 is 119 Å². The molecule has 18 N–H and O–H groups in total. The van der Waals surface area contributed by atoms with Gasteiger partial charge in [-0.2, -0.15) is 0 Å². The van der Waals surface area contributed by atoms with E-state index in [0.717, 1.165) is 58.0 Å². The first-order valence-corrected chi connectivity index (χ1v) is 32.3. The van der Waals surface area contributed by atoms with E-state index in [0.29, 0.717) is 0 Å². The summed E-state index contributed by atoms with van der Waals surface area (Å²) in [5, 5.41) is 57.0. The summed E-state index contributed by atoms with van der Waals surface area (Å²) in [5.41, 5.74) is 23.9. The van der Waals surface area contributed by atoms with Crippen LogP contribution in [0.25, 0.3) is 44.7 Å². The van der Waals surface area contributed by atoms with Crippen molar-refractivity contribution in [2.75, 3.05) is 55.7 Å². The Kier molecular flexibility index (Phi) is 17.3. The molecule has 4 aliphatic rings. The van der Waals surface area contributed by atoms with E-state index in [1.807, 2.05) is 0 Å². The molecule has 0 amide bonds. The van der Waals surface area contributed by atoms with E-state index in [4.69, 9.17) is 73.8 Å². The lowest BCUT2D eigenvalue weighted by Gasteiger charge is -2.25. The van der Waals surface area contributed by atoms with E-state index in [1.54, 1.807) is 0 Å². The summed E-state index contributed by atoms with van der Waals surface area (Å²) >= 11 is 0. The number of phosphoric ester groups is 3. The lowest BCUT2D eigenvalue weighted by molar-refractivity contribution is -0.0668. The maximum atomic E-state index is 14.1. The second kappa shape index (κ2) is 24.5. The number of nitrogens with zero attached hydrogens (tertiary/aromatic N) is 16. The summed E-state index contributed by atoms with van der Waals surface area (Å²) < 4.78 is 119. The number of nitrogen functional groups attached to an aromatic ring is 4. The molecule has 486 valence electrons. The van der Waals surface area contributed by atoms with Gasteiger partial charge in [-0.05, 0) is 0 Å². The molecule has 0 saturated carbocycles. The zero-order valence-corrected chi connectivity index (χ0v) is 48.8. The first-order chi connectivity index (χ1) is 42.7. The molecule has 4 saturated heterocycles. The molecule has 8 aromatic heterocycles. The first kappa shape index (κ1) is 63.6. The van der Waals surface area contributed by atoms with Crippen molar-refractivity contribution in [3.05, 3.63) is 50.6 Å². The molecular weight excluding hydrogens is 1300 g/mol. The Labute approximate surface area is 499 Å². The van der Waals surface area contributed by atoms with Gasteiger partial charge in [0.05, 0.1) is 51.7 Å². The van der Waals surface area contributed by atoms with E-state index in [2.05, 4.69) is 59.8 Å². The highest BCUT2D eigenvalue weighted by atomic mass is 31.2. The van der Waals surface area contributed by atoms with Crippen LogP contribution in [0.15, 0.2) is 50.6 Å². The van der Waals surface area contributed by atoms with Crippen molar-refractivity contribution in [2.45, 2.75) is 98.2 Å². The topological polar surface area (TPSA) is 651 Å². The molecular formula is C41H52N20O25P4. The van der Waals surface area contributed by atoms with E-state index < -0.39 is 162 Å². The molecule has 0 aliphatic carbocycles. The minimum absolute atomic E-state index is 0.00296. The van der Waals surface area contributed by atoms with Crippen molar-refractivity contribution in [3.63, 3.8) is 0 Å². The predicted molar refractivity (Wildman–Crippen MR) is 289 cm³/mol. The molecule has 49 heteroatoms. The van der Waals surface area contributed by atoms with Gasteiger partial charge in [-0.25, -0.2) is 73.5 Å². The van der Waals surface area contributed by atoms with Gasteiger partial charge in [0.2, 0.25) is 0 Å². The number of hydrogen-bond donors (Lipinski definition) is 14. The van der Waals surface area contributed by atoms with Gasteiger partial charge >= 0.3 is 31.1 Å². The van der Waals surface area contributed by atoms with Crippen LogP contribution in [0.5, 0.6) is 0 Å². The zero-order chi connectivity index (χ0) is 63.9. The Hall–Kier alpha value is -6.52. The number of aliphatic hydroxyl groups excluding tert-OH is 5. The number of imidazole rings is 4. The number of anilines is 4. The molecule has 8 aromatic rings. The summed E-state index contributed by atoms with van der Waals surface area (Å²) in [6.07, 6.45) is -21.0. The second-order valence-corrected chi connectivity index (χ2v) is 26.0. The van der Waals surface area contributed by atoms with Gasteiger partial charge in [-0.3, -0.25) is 50.0 Å². The normalized spacial score (nSPS) is 31.1. The van der Waals surface area contributed by atoms with E-state index in [9.17, 15) is 68.3 Å². The van der Waals surface area contributed by atoms with E-state index >= 15 is 0 Å². The quantitative estimate of drug-likeness (QED) is 0.0270. The molecule has 0 radical (unpaired) electrons. The summed E-state index contributed by atoms with van der Waals surface area (Å²) in [6, 6.07) is 0. The van der Waals surface area contributed by atoms with Crippen molar-refractivity contribution in [2.24, 2.45) is 0 Å². The lowest BCUT2D eigenvalue weighted by atomic mass is 10.1. The first-order valence-electron chi connectivity index (χ1n) is 26.0. The number of nitrogens with two attached hydrogens (primary N) is 4. The standard InChI is InChI=1S/C41H52N20O25P4/c42-30-18-34(50-5-46-30)58(9-54-18)38-26(66)22(62)15(80-38)2-77-88(70,71)85-28-24(64)17(82-40(28)60-11-56-20-32(44)48-7-52-36(20)60)4-79-90(74,75)86-29-25(65)16(83-41(29)61-12-57-21-33(45)49-8-53-37(21)61)3-78-89(72,73)84-27-23(63)14(1-76-13-87(67,68)69)81-39(27)59-10-55-19-31(43)47-6-51-35(19)59/h5-12,14-17,22-29,38-41,62-66H,1-4,13H2,(H,70,71)(H,72,73)(H,74,75)(H2,42,46,50)(H2,43,47,51)(H2,44,48,52)(H2,45,49,53)(H2,67,68,69)/t14-,15-,16-,17-,22-,23-,24-,25-,26-,27+,28-,29-,38-,39-,40-,41-/m1/s1. The van der Waals surface area contributed by atoms with Gasteiger partial charge in [0.25, 0.3) is 0 Å². The van der Waals surface area contributed by atoms with Crippen molar-refractivity contribution in [1.82, 2.24) is 78.1 Å². The summed E-state index contributed by atoms with van der Waals surface area (Å²) in [5.74, 6) is -0.357. The molecule has 4 fully saturated rings. The van der Waals surface area contributed by atoms with Crippen LogP contribution < -0.4 is 22.9 Å². The molecule has 45 nitrogen and oxygen atoms in total. The molecule has 3 unspecified atom stereocenters. The maximum Gasteiger partial charge on any atom is 0.472 e. The van der Waals surface area contributed by atoms with Crippen LogP contribution in [-0.4, -0.2) is 234 Å². The number of ether oxygens (including phenoxy) is 5. The van der Waals surface area contributed by atoms with Crippen LogP contribution >= 0.6 is 31.1 Å². The molecule has 0 aromatic carbocycles. The van der Waals surface area contributed by atoms with Crippen LogP contribution in [-0.2, 0) is 69.1 Å². The second-order valence-electron chi connectivity index (χ2n) is 20.2. The van der Waals surface area contributed by atoms with Crippen LogP contribution in [0.4, 0.5) is 23.3 Å². The van der Waals surface area contributed by atoms with Gasteiger partial charge in [0, 0.05) is 0 Å². The Morgan fingerprint density at radius 2 is 0.667 bits per heavy atom. The smallest absolute Gasteiger partial charge is 0.387 e. The largest absolute Gasteiger partial charge is 0.472 e. The Morgan fingerprint density at radius 3 is 0.978 bits per heavy atom. The fraction of sp³-hybridized carbons (Fsp3) is 0.512. The highest BCUT2D eigenvalue weighted by molar-refractivity contribution is 7.51. The number of aromatic nitrogens is 16. The van der Waals surface area contributed by atoms with Crippen LogP contribution in [0.3, 0.4) is 0 Å². The lowest BCUT2D eigenvalue weighted by Crippen LogP contribution is -2.37. The minimum atomic E-state index is -5.62. The average Bonchev–Trinajstić information content (AvgIpc) is 1.64. The fourth-order valence-corrected chi connectivity index (χ4v) is 13.4. The van der Waals surface area contributed by atoms with E-state index in [-0.39, 0.29) is 67.9 Å². The predicted octanol–water partition coefficient (Wildman–Crippen LogP) is -4.27. The van der Waals surface area contributed by atoms with Gasteiger partial charge in [-0.1, -0.05) is 0 Å². The third-order valence-electron chi connectivity index (χ3n) is 14.4. The number of hydrogen-bond acceptors (Lipinski definition) is 36. The van der Waals surface area contributed by atoms with Crippen LogP contribution in [0.1, 0.15) is 24.9 Å².